The second kappa shape index (κ2) is 5.39. The average Bonchev–Trinajstić information content (AvgIpc) is 2.14. The van der Waals surface area contributed by atoms with Crippen LogP contribution >= 0.6 is 12.6 Å². The molecule has 0 heterocycles. The molecule has 0 aliphatic rings. The number of thiol groups is 1. The summed E-state index contributed by atoms with van der Waals surface area (Å²) in [5.41, 5.74) is 3.15. The standard InChI is InChI=1S/C13H19NOS/c1-8(2)12(16)13(15)14-11-6-9(3)5-10(4)7-11/h5-8,12,16H,1-4H3,(H,14,15). The minimum atomic E-state index is -0.263. The number of benzene rings is 1. The second-order valence-electron chi connectivity index (χ2n) is 4.55. The van der Waals surface area contributed by atoms with Gasteiger partial charge in [0.2, 0.25) is 5.91 Å². The molecule has 1 aromatic carbocycles. The summed E-state index contributed by atoms with van der Waals surface area (Å²) >= 11 is 4.29. The Morgan fingerprint density at radius 2 is 1.69 bits per heavy atom. The first kappa shape index (κ1) is 13.1. The molecule has 0 bridgehead atoms. The molecule has 2 nitrogen and oxygen atoms in total. The van der Waals surface area contributed by atoms with Crippen molar-refractivity contribution < 1.29 is 4.79 Å². The zero-order valence-electron chi connectivity index (χ0n) is 10.2. The first-order valence-corrected chi connectivity index (χ1v) is 5.99. The van der Waals surface area contributed by atoms with Gasteiger partial charge in [0.15, 0.2) is 0 Å². The quantitative estimate of drug-likeness (QED) is 0.777. The van der Waals surface area contributed by atoms with Gasteiger partial charge in [-0.15, -0.1) is 0 Å². The number of nitrogens with one attached hydrogen (secondary N) is 1. The molecule has 0 fully saturated rings. The zero-order valence-corrected chi connectivity index (χ0v) is 11.1. The molecule has 0 aromatic heterocycles. The van der Waals surface area contributed by atoms with E-state index >= 15 is 0 Å². The largest absolute Gasteiger partial charge is 0.325 e. The van der Waals surface area contributed by atoms with Gasteiger partial charge in [0, 0.05) is 5.69 Å². The molecule has 0 aliphatic carbocycles. The van der Waals surface area contributed by atoms with Crippen molar-refractivity contribution in [1.82, 2.24) is 0 Å². The lowest BCUT2D eigenvalue weighted by molar-refractivity contribution is -0.116. The van der Waals surface area contributed by atoms with Crippen LogP contribution in [0, 0.1) is 19.8 Å². The van der Waals surface area contributed by atoms with Crippen molar-refractivity contribution >= 4 is 24.2 Å². The topological polar surface area (TPSA) is 29.1 Å². The van der Waals surface area contributed by atoms with Crippen molar-refractivity contribution in [3.05, 3.63) is 29.3 Å². The predicted octanol–water partition coefficient (Wildman–Crippen LogP) is 3.20. The van der Waals surface area contributed by atoms with Crippen LogP contribution in [0.15, 0.2) is 18.2 Å². The predicted molar refractivity (Wildman–Crippen MR) is 72.2 cm³/mol. The third-order valence-electron chi connectivity index (χ3n) is 2.39. The molecule has 3 heteroatoms. The molecule has 1 unspecified atom stereocenters. The van der Waals surface area contributed by atoms with Crippen LogP contribution in [0.25, 0.3) is 0 Å². The van der Waals surface area contributed by atoms with Gasteiger partial charge in [-0.1, -0.05) is 19.9 Å². The maximum Gasteiger partial charge on any atom is 0.237 e. The van der Waals surface area contributed by atoms with Crippen LogP contribution in [0.4, 0.5) is 5.69 Å². The van der Waals surface area contributed by atoms with Gasteiger partial charge in [0.05, 0.1) is 5.25 Å². The summed E-state index contributed by atoms with van der Waals surface area (Å²) in [6.45, 7) is 8.00. The third-order valence-corrected chi connectivity index (χ3v) is 3.22. The highest BCUT2D eigenvalue weighted by molar-refractivity contribution is 7.81. The van der Waals surface area contributed by atoms with E-state index in [0.29, 0.717) is 0 Å². The van der Waals surface area contributed by atoms with Gasteiger partial charge in [-0.2, -0.15) is 12.6 Å². The molecule has 1 N–H and O–H groups in total. The number of rotatable bonds is 3. The molecule has 1 aromatic rings. The summed E-state index contributed by atoms with van der Waals surface area (Å²) in [6.07, 6.45) is 0. The van der Waals surface area contributed by atoms with Crippen LogP contribution in [0.3, 0.4) is 0 Å². The molecule has 0 saturated heterocycles. The van der Waals surface area contributed by atoms with E-state index in [9.17, 15) is 4.79 Å². The van der Waals surface area contributed by atoms with Crippen LogP contribution in [0.5, 0.6) is 0 Å². The highest BCUT2D eigenvalue weighted by Crippen LogP contribution is 2.16. The summed E-state index contributed by atoms with van der Waals surface area (Å²) in [6, 6.07) is 6.01. The Bertz CT molecular complexity index is 367. The Hall–Kier alpha value is -0.960. The summed E-state index contributed by atoms with van der Waals surface area (Å²) in [4.78, 5) is 11.8. The summed E-state index contributed by atoms with van der Waals surface area (Å²) in [5, 5.41) is 2.63. The van der Waals surface area contributed by atoms with Gasteiger partial charge in [0.1, 0.15) is 0 Å². The smallest absolute Gasteiger partial charge is 0.237 e. The molecular formula is C13H19NOS. The monoisotopic (exact) mass is 237 g/mol. The Labute approximate surface area is 103 Å². The van der Waals surface area contributed by atoms with E-state index in [1.807, 2.05) is 39.8 Å². The fraction of sp³-hybridized carbons (Fsp3) is 0.462. The highest BCUT2D eigenvalue weighted by atomic mass is 32.1. The number of hydrogen-bond donors (Lipinski definition) is 2. The van der Waals surface area contributed by atoms with E-state index in [-0.39, 0.29) is 17.1 Å². The Morgan fingerprint density at radius 1 is 1.19 bits per heavy atom. The average molecular weight is 237 g/mol. The third kappa shape index (κ3) is 3.56. The number of anilines is 1. The number of amides is 1. The molecule has 16 heavy (non-hydrogen) atoms. The van der Waals surface area contributed by atoms with Crippen LogP contribution in [-0.4, -0.2) is 11.2 Å². The number of carbonyl (C=O) groups is 1. The van der Waals surface area contributed by atoms with Crippen molar-refractivity contribution in [3.8, 4) is 0 Å². The van der Waals surface area contributed by atoms with Crippen molar-refractivity contribution in [1.29, 1.82) is 0 Å². The molecule has 0 saturated carbocycles. The second-order valence-corrected chi connectivity index (χ2v) is 5.11. The van der Waals surface area contributed by atoms with Crippen molar-refractivity contribution in [2.24, 2.45) is 5.92 Å². The molecule has 1 amide bonds. The summed E-state index contributed by atoms with van der Waals surface area (Å²) < 4.78 is 0. The minimum Gasteiger partial charge on any atom is -0.325 e. The van der Waals surface area contributed by atoms with Crippen LogP contribution < -0.4 is 5.32 Å². The Morgan fingerprint density at radius 3 is 2.12 bits per heavy atom. The number of carbonyl (C=O) groups excluding carboxylic acids is 1. The fourth-order valence-electron chi connectivity index (χ4n) is 1.57. The van der Waals surface area contributed by atoms with Gasteiger partial charge in [-0.05, 0) is 43.0 Å². The lowest BCUT2D eigenvalue weighted by Gasteiger charge is -2.15. The maximum atomic E-state index is 11.8. The molecule has 0 aliphatic heterocycles. The minimum absolute atomic E-state index is 0.0386. The van der Waals surface area contributed by atoms with Gasteiger partial charge in [-0.3, -0.25) is 4.79 Å². The molecular weight excluding hydrogens is 218 g/mol. The Balaban J connectivity index is 2.77. The van der Waals surface area contributed by atoms with Crippen LogP contribution in [0.1, 0.15) is 25.0 Å². The molecule has 0 radical (unpaired) electrons. The first-order chi connectivity index (χ1) is 7.40. The van der Waals surface area contributed by atoms with Crippen molar-refractivity contribution in [2.45, 2.75) is 32.9 Å². The first-order valence-electron chi connectivity index (χ1n) is 5.47. The summed E-state index contributed by atoms with van der Waals surface area (Å²) in [5.74, 6) is 0.192. The van der Waals surface area contributed by atoms with E-state index in [4.69, 9.17) is 0 Å². The van der Waals surface area contributed by atoms with Crippen LogP contribution in [0.2, 0.25) is 0 Å². The lowest BCUT2D eigenvalue weighted by Crippen LogP contribution is -2.27. The summed E-state index contributed by atoms with van der Waals surface area (Å²) in [7, 11) is 0. The molecule has 0 spiro atoms. The van der Waals surface area contributed by atoms with E-state index < -0.39 is 0 Å². The zero-order chi connectivity index (χ0) is 12.3. The fourth-order valence-corrected chi connectivity index (χ4v) is 1.63. The van der Waals surface area contributed by atoms with Gasteiger partial charge in [-0.25, -0.2) is 0 Å². The number of aryl methyl sites for hydroxylation is 2. The highest BCUT2D eigenvalue weighted by Gasteiger charge is 2.17. The SMILES string of the molecule is Cc1cc(C)cc(NC(=O)C(S)C(C)C)c1. The van der Waals surface area contributed by atoms with Crippen LogP contribution in [-0.2, 0) is 4.79 Å². The van der Waals surface area contributed by atoms with Gasteiger partial charge >= 0.3 is 0 Å². The van der Waals surface area contributed by atoms with E-state index in [1.54, 1.807) is 0 Å². The Kier molecular flexibility index (Phi) is 4.42. The van der Waals surface area contributed by atoms with Crippen molar-refractivity contribution in [2.75, 3.05) is 5.32 Å². The van der Waals surface area contributed by atoms with Crippen molar-refractivity contribution in [3.63, 3.8) is 0 Å². The van der Waals surface area contributed by atoms with E-state index in [2.05, 4.69) is 24.0 Å². The van der Waals surface area contributed by atoms with Gasteiger partial charge in [0.25, 0.3) is 0 Å². The number of hydrogen-bond acceptors (Lipinski definition) is 2. The maximum absolute atomic E-state index is 11.8. The molecule has 1 rings (SSSR count). The van der Waals surface area contributed by atoms with E-state index in [1.165, 1.54) is 0 Å². The van der Waals surface area contributed by atoms with Gasteiger partial charge < -0.3 is 5.32 Å². The van der Waals surface area contributed by atoms with E-state index in [0.717, 1.165) is 16.8 Å². The lowest BCUT2D eigenvalue weighted by atomic mass is 10.1. The molecule has 1 atom stereocenters. The molecule has 88 valence electrons. The normalized spacial score (nSPS) is 12.6.